The average Bonchev–Trinajstić information content (AvgIpc) is 1.69. The molecular formula is C5H12NO+. The highest BCUT2D eigenvalue weighted by molar-refractivity contribution is 4.79. The lowest BCUT2D eigenvalue weighted by Crippen LogP contribution is -2.49. The Morgan fingerprint density at radius 1 is 1.43 bits per heavy atom. The van der Waals surface area contributed by atoms with Crippen LogP contribution in [0.2, 0.25) is 0 Å². The molecule has 0 aliphatic rings. The van der Waals surface area contributed by atoms with Gasteiger partial charge in [0.25, 0.3) is 0 Å². The Hall–Kier alpha value is -0.340. The molecule has 0 atom stereocenters. The van der Waals surface area contributed by atoms with Gasteiger partial charge in [-0.3, -0.25) is 0 Å². The molecule has 0 amide bonds. The highest BCUT2D eigenvalue weighted by atomic mass is 16.2. The minimum absolute atomic E-state index is 0.247. The van der Waals surface area contributed by atoms with Gasteiger partial charge in [-0.2, -0.15) is 0 Å². The number of aliphatic hydroxyl groups excluding tert-OH is 1. The molecule has 0 rings (SSSR count). The Labute approximate surface area is 43.6 Å². The predicted molar refractivity (Wildman–Crippen MR) is 28.6 cm³/mol. The van der Waals surface area contributed by atoms with Gasteiger partial charge in [0.1, 0.15) is 0 Å². The topological polar surface area (TPSA) is 47.9 Å². The van der Waals surface area contributed by atoms with Gasteiger partial charge in [0.05, 0.1) is 6.54 Å². The van der Waals surface area contributed by atoms with E-state index in [1.54, 1.807) is 0 Å². The van der Waals surface area contributed by atoms with Crippen LogP contribution in [0.4, 0.5) is 0 Å². The van der Waals surface area contributed by atoms with Crippen molar-refractivity contribution in [3.8, 4) is 0 Å². The average molecular weight is 102 g/mol. The number of aliphatic hydroxyl groups is 1. The molecule has 2 nitrogen and oxygen atoms in total. The van der Waals surface area contributed by atoms with E-state index in [0.29, 0.717) is 0 Å². The Bertz CT molecular complexity index is 52.0. The van der Waals surface area contributed by atoms with Crippen molar-refractivity contribution in [1.29, 1.82) is 0 Å². The van der Waals surface area contributed by atoms with Crippen molar-refractivity contribution in [2.24, 2.45) is 0 Å². The summed E-state index contributed by atoms with van der Waals surface area (Å²) in [5.74, 6) is 0. The van der Waals surface area contributed by atoms with E-state index in [9.17, 15) is 0 Å². The molecule has 0 fully saturated rings. The van der Waals surface area contributed by atoms with E-state index in [0.717, 1.165) is 13.0 Å². The van der Waals surface area contributed by atoms with Crippen molar-refractivity contribution in [2.75, 3.05) is 13.2 Å². The summed E-state index contributed by atoms with van der Waals surface area (Å²) in [5.41, 5.74) is 3.59. The van der Waals surface area contributed by atoms with Crippen molar-refractivity contribution < 1.29 is 10.8 Å². The van der Waals surface area contributed by atoms with E-state index in [1.165, 1.54) is 0 Å². The third-order valence-corrected chi connectivity index (χ3v) is 0.629. The molecule has 42 valence electrons. The Morgan fingerprint density at radius 2 is 2.14 bits per heavy atom. The monoisotopic (exact) mass is 102 g/mol. The molecule has 0 saturated heterocycles. The van der Waals surface area contributed by atoms with E-state index in [1.807, 2.05) is 12.2 Å². The highest BCUT2D eigenvalue weighted by Crippen LogP contribution is 1.75. The lowest BCUT2D eigenvalue weighted by molar-refractivity contribution is -0.352. The summed E-state index contributed by atoms with van der Waals surface area (Å²) >= 11 is 0. The molecule has 0 radical (unpaired) electrons. The maximum Gasteiger partial charge on any atom is 0.0926 e. The fraction of sp³-hybridized carbons (Fsp3) is 0.600. The smallest absolute Gasteiger partial charge is 0.0926 e. The molecule has 0 aliphatic carbocycles. The largest absolute Gasteiger partial charge is 0.396 e. The van der Waals surface area contributed by atoms with Crippen molar-refractivity contribution in [2.45, 2.75) is 6.42 Å². The predicted octanol–water partition coefficient (Wildman–Crippen LogP) is -0.833. The van der Waals surface area contributed by atoms with Gasteiger partial charge >= 0.3 is 0 Å². The lowest BCUT2D eigenvalue weighted by Gasteiger charge is -1.78. The van der Waals surface area contributed by atoms with Crippen LogP contribution in [0.5, 0.6) is 0 Å². The van der Waals surface area contributed by atoms with Crippen LogP contribution in [0.25, 0.3) is 0 Å². The first-order valence-corrected chi connectivity index (χ1v) is 2.47. The molecule has 4 N–H and O–H groups in total. The van der Waals surface area contributed by atoms with Crippen molar-refractivity contribution >= 4 is 0 Å². The van der Waals surface area contributed by atoms with Gasteiger partial charge in [-0.1, -0.05) is 6.08 Å². The van der Waals surface area contributed by atoms with Gasteiger partial charge in [-0.25, -0.2) is 0 Å². The first-order chi connectivity index (χ1) is 3.41. The SMILES string of the molecule is [NH3+]C/C=C\CCO. The second-order valence-electron chi connectivity index (χ2n) is 1.27. The van der Waals surface area contributed by atoms with Crippen molar-refractivity contribution in [3.63, 3.8) is 0 Å². The van der Waals surface area contributed by atoms with Gasteiger partial charge in [0.15, 0.2) is 0 Å². The summed E-state index contributed by atoms with van der Waals surface area (Å²) < 4.78 is 0. The van der Waals surface area contributed by atoms with Gasteiger partial charge in [-0.15, -0.1) is 0 Å². The van der Waals surface area contributed by atoms with Crippen LogP contribution in [0, 0.1) is 0 Å². The first kappa shape index (κ1) is 6.66. The Morgan fingerprint density at radius 3 is 2.57 bits per heavy atom. The molecule has 0 heterocycles. The van der Waals surface area contributed by atoms with Crippen molar-refractivity contribution in [1.82, 2.24) is 0 Å². The second kappa shape index (κ2) is 5.66. The third-order valence-electron chi connectivity index (χ3n) is 0.629. The first-order valence-electron chi connectivity index (χ1n) is 2.47. The molecule has 7 heavy (non-hydrogen) atoms. The molecule has 0 aromatic carbocycles. The fourth-order valence-electron chi connectivity index (χ4n) is 0.310. The van der Waals surface area contributed by atoms with Crippen molar-refractivity contribution in [3.05, 3.63) is 12.2 Å². The molecule has 0 aliphatic heterocycles. The minimum Gasteiger partial charge on any atom is -0.396 e. The van der Waals surface area contributed by atoms with Gasteiger partial charge in [0, 0.05) is 6.61 Å². The van der Waals surface area contributed by atoms with Gasteiger partial charge in [0.2, 0.25) is 0 Å². The molecule has 0 aromatic heterocycles. The normalized spacial score (nSPS) is 10.6. The van der Waals surface area contributed by atoms with E-state index in [2.05, 4.69) is 5.73 Å². The summed E-state index contributed by atoms with van der Waals surface area (Å²) in [6.07, 6.45) is 4.62. The number of rotatable bonds is 3. The van der Waals surface area contributed by atoms with Crippen LogP contribution in [-0.2, 0) is 0 Å². The molecule has 2 heteroatoms. The lowest BCUT2D eigenvalue weighted by atomic mass is 10.4. The van der Waals surface area contributed by atoms with Crippen LogP contribution in [0.15, 0.2) is 12.2 Å². The summed E-state index contributed by atoms with van der Waals surface area (Å²) in [4.78, 5) is 0. The van der Waals surface area contributed by atoms with Crippen LogP contribution in [0.3, 0.4) is 0 Å². The summed E-state index contributed by atoms with van der Waals surface area (Å²) in [5, 5.41) is 8.22. The maximum atomic E-state index is 8.22. The van der Waals surface area contributed by atoms with Crippen LogP contribution in [-0.4, -0.2) is 18.3 Å². The maximum absolute atomic E-state index is 8.22. The van der Waals surface area contributed by atoms with Gasteiger partial charge in [-0.05, 0) is 12.5 Å². The number of quaternary nitrogens is 1. The van der Waals surface area contributed by atoms with Crippen LogP contribution >= 0.6 is 0 Å². The molecule has 0 unspecified atom stereocenters. The third kappa shape index (κ3) is 5.66. The number of hydrogen-bond acceptors (Lipinski definition) is 1. The highest BCUT2D eigenvalue weighted by Gasteiger charge is 1.70. The molecule has 0 saturated carbocycles. The summed E-state index contributed by atoms with van der Waals surface area (Å²) in [6, 6.07) is 0. The second-order valence-corrected chi connectivity index (χ2v) is 1.27. The summed E-state index contributed by atoms with van der Waals surface area (Å²) in [6.45, 7) is 1.07. The minimum atomic E-state index is 0.247. The van der Waals surface area contributed by atoms with E-state index in [-0.39, 0.29) is 6.61 Å². The van der Waals surface area contributed by atoms with E-state index >= 15 is 0 Å². The Kier molecular flexibility index (Phi) is 5.39. The molecular weight excluding hydrogens is 90.1 g/mol. The van der Waals surface area contributed by atoms with E-state index in [4.69, 9.17) is 5.11 Å². The zero-order valence-corrected chi connectivity index (χ0v) is 4.43. The van der Waals surface area contributed by atoms with Crippen LogP contribution < -0.4 is 5.73 Å². The Balaban J connectivity index is 2.78. The molecule has 0 aromatic rings. The zero-order chi connectivity index (χ0) is 5.54. The zero-order valence-electron chi connectivity index (χ0n) is 4.43. The van der Waals surface area contributed by atoms with Gasteiger partial charge < -0.3 is 10.8 Å². The summed E-state index contributed by atoms with van der Waals surface area (Å²) in [7, 11) is 0. The molecule has 0 bridgehead atoms. The fourth-order valence-corrected chi connectivity index (χ4v) is 0.310. The quantitative estimate of drug-likeness (QED) is 0.449. The number of hydrogen-bond donors (Lipinski definition) is 2. The molecule has 0 spiro atoms. The van der Waals surface area contributed by atoms with Crippen LogP contribution in [0.1, 0.15) is 6.42 Å². The van der Waals surface area contributed by atoms with E-state index < -0.39 is 0 Å². The standard InChI is InChI=1S/C5H11NO/c6-4-2-1-3-5-7/h1-2,7H,3-6H2/p+1/b2-1-.